The maximum atomic E-state index is 14.9. The molecule has 6 atom stereocenters. The second-order valence-corrected chi connectivity index (χ2v) is 16.2. The van der Waals surface area contributed by atoms with Crippen molar-refractivity contribution < 1.29 is 63.0 Å². The van der Waals surface area contributed by atoms with E-state index < -0.39 is 109 Å². The molecule has 2 fully saturated rings. The van der Waals surface area contributed by atoms with Crippen molar-refractivity contribution >= 4 is 45.8 Å². The number of likely N-dealkylation sites (N-methyl/N-ethyl adjacent to an activating group) is 1. The van der Waals surface area contributed by atoms with Crippen molar-refractivity contribution in [3.05, 3.63) is 116 Å². The van der Waals surface area contributed by atoms with Crippen LogP contribution in [0, 0.1) is 29.3 Å². The number of rotatable bonds is 5. The van der Waals surface area contributed by atoms with E-state index in [1.54, 1.807) is 4.90 Å². The minimum absolute atomic E-state index is 0.111. The Labute approximate surface area is 350 Å². The van der Waals surface area contributed by atoms with Gasteiger partial charge in [0.1, 0.15) is 45.9 Å². The van der Waals surface area contributed by atoms with Crippen LogP contribution < -0.4 is 21.4 Å². The maximum absolute atomic E-state index is 14.9. The second-order valence-electron chi connectivity index (χ2n) is 16.2. The average Bonchev–Trinajstić information content (AvgIpc) is 3.18. The molecule has 62 heavy (non-hydrogen) atoms. The number of aliphatic hydroxyl groups is 4. The average molecular weight is 862 g/mol. The molecule has 1 saturated carbocycles. The van der Waals surface area contributed by atoms with Gasteiger partial charge in [0, 0.05) is 60.7 Å². The third-order valence-electron chi connectivity index (χ3n) is 12.2. The van der Waals surface area contributed by atoms with Crippen molar-refractivity contribution in [2.75, 3.05) is 38.6 Å². The number of pyridine rings is 1. The van der Waals surface area contributed by atoms with Gasteiger partial charge in [0.15, 0.2) is 11.4 Å². The summed E-state index contributed by atoms with van der Waals surface area (Å²) in [6.07, 6.45) is 0.778. The SMILES string of the molecule is CC1CN(c2cc3c(cc2F)c(=O)c(C(=O)O)cn3-c2ccc(F)cc2F)CCN1.CN(C)[C@@H]1C(=O)C(C(N)=O)=C(O)[C@@]2(O)C(=O)C3=C(O)c4c(O)cccc4[C@@](C)(O)[C@H]3C[C@@H]12. The van der Waals surface area contributed by atoms with Crippen LogP contribution in [0.2, 0.25) is 0 Å². The third-order valence-corrected chi connectivity index (χ3v) is 12.2. The van der Waals surface area contributed by atoms with E-state index in [1.807, 2.05) is 6.92 Å². The molecule has 1 saturated heterocycles. The van der Waals surface area contributed by atoms with E-state index in [1.165, 1.54) is 50.2 Å². The molecule has 9 N–H and O–H groups in total. The number of aromatic nitrogens is 1. The van der Waals surface area contributed by atoms with E-state index in [-0.39, 0.29) is 45.9 Å². The summed E-state index contributed by atoms with van der Waals surface area (Å²) in [5.41, 5.74) is -1.89. The summed E-state index contributed by atoms with van der Waals surface area (Å²) in [6, 6.07) is 8.31. The molecule has 0 spiro atoms. The minimum atomic E-state index is -2.75. The minimum Gasteiger partial charge on any atom is -0.508 e. The lowest BCUT2D eigenvalue weighted by Crippen LogP contribution is -2.67. The first kappa shape index (κ1) is 43.5. The predicted octanol–water partition coefficient (Wildman–Crippen LogP) is 2.53. The number of aliphatic hydroxyl groups excluding tert-OH is 2. The van der Waals surface area contributed by atoms with Crippen molar-refractivity contribution in [2.24, 2.45) is 17.6 Å². The molecule has 4 aliphatic rings. The van der Waals surface area contributed by atoms with Gasteiger partial charge in [-0.25, -0.2) is 18.0 Å². The molecule has 1 aliphatic heterocycles. The molecule has 3 aromatic carbocycles. The van der Waals surface area contributed by atoms with Crippen LogP contribution in [-0.4, -0.2) is 115 Å². The Bertz CT molecular complexity index is 2750. The second kappa shape index (κ2) is 15.4. The summed E-state index contributed by atoms with van der Waals surface area (Å²) in [4.78, 5) is 66.0. The number of primary amides is 1. The summed E-state index contributed by atoms with van der Waals surface area (Å²) >= 11 is 0. The first-order chi connectivity index (χ1) is 29.0. The topological polar surface area (TPSA) is 256 Å². The number of benzene rings is 3. The summed E-state index contributed by atoms with van der Waals surface area (Å²) in [5, 5.41) is 67.3. The number of hydrogen-bond acceptors (Lipinski definition) is 13. The number of fused-ring (bicyclic) bond motifs is 4. The van der Waals surface area contributed by atoms with Gasteiger partial charge in [0.05, 0.1) is 34.1 Å². The summed E-state index contributed by atoms with van der Waals surface area (Å²) in [5.74, 6) is -11.9. The number of halogens is 3. The molecule has 326 valence electrons. The third kappa shape index (κ3) is 6.68. The number of phenols is 1. The summed E-state index contributed by atoms with van der Waals surface area (Å²) < 4.78 is 44.0. The number of carbonyl (C=O) groups is 4. The van der Waals surface area contributed by atoms with Gasteiger partial charge in [-0.3, -0.25) is 24.1 Å². The molecular weight excluding hydrogens is 819 g/mol. The Morgan fingerprint density at radius 2 is 1.65 bits per heavy atom. The van der Waals surface area contributed by atoms with Gasteiger partial charge in [0.2, 0.25) is 11.2 Å². The highest BCUT2D eigenvalue weighted by molar-refractivity contribution is 6.24. The number of carboxylic acid groups (broad SMARTS) is 1. The molecule has 1 amide bonds. The lowest BCUT2D eigenvalue weighted by atomic mass is 9.54. The van der Waals surface area contributed by atoms with Gasteiger partial charge in [0.25, 0.3) is 5.91 Å². The van der Waals surface area contributed by atoms with E-state index in [0.717, 1.165) is 29.0 Å². The van der Waals surface area contributed by atoms with Crippen molar-refractivity contribution in [3.8, 4) is 11.4 Å². The van der Waals surface area contributed by atoms with Gasteiger partial charge < -0.3 is 51.2 Å². The van der Waals surface area contributed by atoms with Crippen LogP contribution >= 0.6 is 0 Å². The van der Waals surface area contributed by atoms with Gasteiger partial charge >= 0.3 is 5.97 Å². The highest BCUT2D eigenvalue weighted by Crippen LogP contribution is 2.57. The van der Waals surface area contributed by atoms with Crippen molar-refractivity contribution in [1.29, 1.82) is 0 Å². The lowest BCUT2D eigenvalue weighted by molar-refractivity contribution is -0.159. The van der Waals surface area contributed by atoms with E-state index in [4.69, 9.17) is 5.73 Å². The van der Waals surface area contributed by atoms with Gasteiger partial charge in [-0.05, 0) is 70.3 Å². The Kier molecular flexibility index (Phi) is 10.8. The highest BCUT2D eigenvalue weighted by Gasteiger charge is 2.66. The molecule has 1 aromatic heterocycles. The summed E-state index contributed by atoms with van der Waals surface area (Å²) in [6.45, 7) is 5.03. The zero-order chi connectivity index (χ0) is 45.5. The lowest BCUT2D eigenvalue weighted by Gasteiger charge is -2.53. The number of nitrogens with one attached hydrogen (secondary N) is 1. The largest absolute Gasteiger partial charge is 0.508 e. The normalized spacial score (nSPS) is 25.9. The Balaban J connectivity index is 0.000000187. The van der Waals surface area contributed by atoms with Crippen molar-refractivity contribution in [3.63, 3.8) is 0 Å². The fraction of sp³-hybridized carbons (Fsp3) is 0.326. The van der Waals surface area contributed by atoms with E-state index >= 15 is 0 Å². The van der Waals surface area contributed by atoms with Crippen LogP contribution in [0.1, 0.15) is 41.8 Å². The Hall–Kier alpha value is -6.54. The van der Waals surface area contributed by atoms with Crippen LogP contribution in [0.3, 0.4) is 0 Å². The summed E-state index contributed by atoms with van der Waals surface area (Å²) in [7, 11) is 3.01. The van der Waals surface area contributed by atoms with Crippen LogP contribution in [0.5, 0.6) is 5.75 Å². The molecule has 0 bridgehead atoms. The number of Topliss-reactive ketones (excluding diaryl/α,β-unsaturated/α-hetero) is 2. The fourth-order valence-corrected chi connectivity index (χ4v) is 9.26. The van der Waals surface area contributed by atoms with Gasteiger partial charge in [-0.15, -0.1) is 0 Å². The number of carbonyl (C=O) groups excluding carboxylic acids is 3. The standard InChI is InChI=1S/C22H24N2O8.C21H18F3N3O3/c1-21(31)8-5-4-6-11(25)12(8)16(26)13-9(21)7-10-15(24(2)3)17(27)14(20(23)30)19(29)22(10,32)18(13)28;1-11-9-26(5-4-25-11)19-8-18-13(7-16(19)24)20(28)14(21(29)30)10-27(18)17-3-2-12(22)6-15(17)23/h4-6,9-10,15,25-26,29,31-32H,7H2,1-3H3,(H2,23,30);2-3,6-8,10-11,25H,4-5,9H2,1H3,(H,29,30)/t9-,10-,15-,21+,22-;/m0./s1. The Morgan fingerprint density at radius 1 is 0.968 bits per heavy atom. The van der Waals surface area contributed by atoms with Crippen LogP contribution in [0.25, 0.3) is 22.3 Å². The van der Waals surface area contributed by atoms with Gasteiger partial charge in [-0.2, -0.15) is 0 Å². The highest BCUT2D eigenvalue weighted by atomic mass is 19.1. The molecule has 8 rings (SSSR count). The van der Waals surface area contributed by atoms with E-state index in [9.17, 15) is 67.8 Å². The monoisotopic (exact) mass is 861 g/mol. The number of phenolic OH excluding ortho intramolecular Hbond substituents is 1. The predicted molar refractivity (Wildman–Crippen MR) is 216 cm³/mol. The van der Waals surface area contributed by atoms with Crippen molar-refractivity contribution in [2.45, 2.75) is 43.6 Å². The number of nitrogens with two attached hydrogens (primary N) is 1. The number of ketones is 2. The van der Waals surface area contributed by atoms with Gasteiger partial charge in [-0.1, -0.05) is 12.1 Å². The number of anilines is 1. The van der Waals surface area contributed by atoms with Crippen LogP contribution in [0.4, 0.5) is 18.9 Å². The number of aromatic hydroxyl groups is 1. The number of nitrogens with zero attached hydrogens (tertiary/aromatic N) is 3. The smallest absolute Gasteiger partial charge is 0.341 e. The first-order valence-corrected chi connectivity index (χ1v) is 19.3. The fourth-order valence-electron chi connectivity index (χ4n) is 9.26. The van der Waals surface area contributed by atoms with E-state index in [2.05, 4.69) is 5.32 Å². The van der Waals surface area contributed by atoms with Crippen LogP contribution in [-0.2, 0) is 20.0 Å². The number of piperazine rings is 1. The zero-order valence-corrected chi connectivity index (χ0v) is 33.6. The molecular formula is C43H42F3N5O11. The molecule has 19 heteroatoms. The number of amides is 1. The van der Waals surface area contributed by atoms with Crippen LogP contribution in [0.15, 0.2) is 76.4 Å². The molecule has 2 heterocycles. The number of aromatic carboxylic acids is 1. The number of carboxylic acids is 1. The zero-order valence-electron chi connectivity index (χ0n) is 33.6. The van der Waals surface area contributed by atoms with Crippen molar-refractivity contribution in [1.82, 2.24) is 14.8 Å². The molecule has 0 radical (unpaired) electrons. The maximum Gasteiger partial charge on any atom is 0.341 e. The molecule has 1 unspecified atom stereocenters. The molecule has 3 aliphatic carbocycles. The van der Waals surface area contributed by atoms with E-state index in [0.29, 0.717) is 25.7 Å². The molecule has 4 aromatic rings. The quantitative estimate of drug-likeness (QED) is 0.134. The first-order valence-electron chi connectivity index (χ1n) is 19.3. The number of hydrogen-bond donors (Lipinski definition) is 8. The molecule has 16 nitrogen and oxygen atoms in total. The Morgan fingerprint density at radius 3 is 2.26 bits per heavy atom.